The van der Waals surface area contributed by atoms with Crippen LogP contribution in [0.4, 0.5) is 0 Å². The maximum absolute atomic E-state index is 11.5. The Kier molecular flexibility index (Phi) is 3.78. The summed E-state index contributed by atoms with van der Waals surface area (Å²) < 4.78 is 0. The highest BCUT2D eigenvalue weighted by Crippen LogP contribution is 2.26. The van der Waals surface area contributed by atoms with Crippen LogP contribution in [0, 0.1) is 0 Å². The first-order chi connectivity index (χ1) is 11.7. The molecule has 5 heteroatoms. The summed E-state index contributed by atoms with van der Waals surface area (Å²) >= 11 is 0. The molecule has 0 atom stereocenters. The van der Waals surface area contributed by atoms with Crippen molar-refractivity contribution in [2.45, 2.75) is 19.4 Å². The molecule has 1 aromatic carbocycles. The Morgan fingerprint density at radius 3 is 2.83 bits per heavy atom. The lowest BCUT2D eigenvalue weighted by molar-refractivity contribution is 0.100. The zero-order chi connectivity index (χ0) is 16.5. The van der Waals surface area contributed by atoms with Gasteiger partial charge in [-0.05, 0) is 49.2 Å². The number of fused-ring (bicyclic) bond motifs is 1. The number of hydrogen-bond donors (Lipinski definition) is 2. The van der Waals surface area contributed by atoms with Crippen LogP contribution in [0.5, 0.6) is 0 Å². The first-order valence-corrected chi connectivity index (χ1v) is 8.29. The summed E-state index contributed by atoms with van der Waals surface area (Å²) in [4.78, 5) is 21.4. The van der Waals surface area contributed by atoms with Crippen LogP contribution in [0.2, 0.25) is 0 Å². The number of nitrogens with zero attached hydrogens (tertiary/aromatic N) is 2. The van der Waals surface area contributed by atoms with Gasteiger partial charge >= 0.3 is 0 Å². The van der Waals surface area contributed by atoms with Gasteiger partial charge in [0, 0.05) is 29.9 Å². The Hall–Kier alpha value is -2.66. The standard InChI is InChI=1S/C19H20N4O/c20-18(24)17-11-22-19-16(17)9-15(10-21-19)14-5-3-4-13(8-14)12-23-6-1-2-7-23/h3-5,8-11H,1-2,6-7,12H2,(H2,20,24)(H,21,22). The van der Waals surface area contributed by atoms with Crippen molar-refractivity contribution in [3.63, 3.8) is 0 Å². The Labute approximate surface area is 140 Å². The van der Waals surface area contributed by atoms with E-state index in [4.69, 9.17) is 5.73 Å². The fraction of sp³-hybridized carbons (Fsp3) is 0.263. The van der Waals surface area contributed by atoms with E-state index in [1.165, 1.54) is 31.5 Å². The molecule has 2 aromatic heterocycles. The summed E-state index contributed by atoms with van der Waals surface area (Å²) in [6.07, 6.45) is 6.04. The van der Waals surface area contributed by atoms with Gasteiger partial charge in [-0.2, -0.15) is 0 Å². The number of primary amides is 1. The molecule has 3 heterocycles. The fourth-order valence-corrected chi connectivity index (χ4v) is 3.41. The molecule has 0 spiro atoms. The Bertz CT molecular complexity index is 893. The third kappa shape index (κ3) is 2.78. The van der Waals surface area contributed by atoms with Gasteiger partial charge < -0.3 is 10.7 Å². The molecule has 1 aliphatic heterocycles. The minimum absolute atomic E-state index is 0.442. The van der Waals surface area contributed by atoms with E-state index in [9.17, 15) is 4.79 Å². The molecule has 0 radical (unpaired) electrons. The van der Waals surface area contributed by atoms with Gasteiger partial charge in [-0.25, -0.2) is 4.98 Å². The number of carbonyl (C=O) groups is 1. The Balaban J connectivity index is 1.68. The van der Waals surface area contributed by atoms with E-state index in [2.05, 4.69) is 39.1 Å². The van der Waals surface area contributed by atoms with Crippen molar-refractivity contribution >= 4 is 16.9 Å². The lowest BCUT2D eigenvalue weighted by Crippen LogP contribution is -2.18. The number of likely N-dealkylation sites (tertiary alicyclic amines) is 1. The number of H-pyrrole nitrogens is 1. The highest BCUT2D eigenvalue weighted by atomic mass is 16.1. The predicted octanol–water partition coefficient (Wildman–Crippen LogP) is 2.92. The van der Waals surface area contributed by atoms with E-state index in [1.807, 2.05) is 12.3 Å². The number of nitrogens with one attached hydrogen (secondary N) is 1. The summed E-state index contributed by atoms with van der Waals surface area (Å²) in [5.74, 6) is -0.442. The SMILES string of the molecule is NC(=O)c1c[nH]c2ncc(-c3cccc(CN4CCCC4)c3)cc12. The highest BCUT2D eigenvalue weighted by Gasteiger charge is 2.13. The maximum atomic E-state index is 11.5. The van der Waals surface area contributed by atoms with Crippen molar-refractivity contribution in [2.24, 2.45) is 5.73 Å². The number of hydrogen-bond acceptors (Lipinski definition) is 3. The van der Waals surface area contributed by atoms with Crippen LogP contribution >= 0.6 is 0 Å². The first kappa shape index (κ1) is 14.9. The molecule has 4 rings (SSSR count). The number of carbonyl (C=O) groups excluding carboxylic acids is 1. The number of aromatic amines is 1. The summed E-state index contributed by atoms with van der Waals surface area (Å²) in [5, 5.41) is 0.768. The van der Waals surface area contributed by atoms with Crippen LogP contribution in [-0.4, -0.2) is 33.9 Å². The van der Waals surface area contributed by atoms with E-state index in [0.29, 0.717) is 11.2 Å². The minimum Gasteiger partial charge on any atom is -0.366 e. The van der Waals surface area contributed by atoms with Gasteiger partial charge in [0.15, 0.2) is 0 Å². The van der Waals surface area contributed by atoms with Crippen LogP contribution in [0.15, 0.2) is 42.7 Å². The molecule has 0 saturated carbocycles. The number of pyridine rings is 1. The van der Waals surface area contributed by atoms with E-state index >= 15 is 0 Å². The molecular formula is C19H20N4O. The quantitative estimate of drug-likeness (QED) is 0.776. The normalized spacial score (nSPS) is 15.2. The van der Waals surface area contributed by atoms with Crippen molar-refractivity contribution in [3.05, 3.63) is 53.9 Å². The van der Waals surface area contributed by atoms with E-state index in [1.54, 1.807) is 6.20 Å². The highest BCUT2D eigenvalue weighted by molar-refractivity contribution is 6.05. The Morgan fingerprint density at radius 1 is 1.21 bits per heavy atom. The zero-order valence-corrected chi connectivity index (χ0v) is 13.5. The molecular weight excluding hydrogens is 300 g/mol. The molecule has 1 saturated heterocycles. The van der Waals surface area contributed by atoms with E-state index < -0.39 is 5.91 Å². The van der Waals surface area contributed by atoms with Gasteiger partial charge in [0.25, 0.3) is 5.91 Å². The smallest absolute Gasteiger partial charge is 0.250 e. The summed E-state index contributed by atoms with van der Waals surface area (Å²) in [6, 6.07) is 10.5. The average Bonchev–Trinajstić information content (AvgIpc) is 3.23. The second kappa shape index (κ2) is 6.09. The number of rotatable bonds is 4. The largest absolute Gasteiger partial charge is 0.366 e. The molecule has 1 amide bonds. The molecule has 24 heavy (non-hydrogen) atoms. The van der Waals surface area contributed by atoms with Gasteiger partial charge in [0.1, 0.15) is 5.65 Å². The van der Waals surface area contributed by atoms with Crippen LogP contribution in [0.1, 0.15) is 28.8 Å². The minimum atomic E-state index is -0.442. The van der Waals surface area contributed by atoms with Crippen molar-refractivity contribution in [1.29, 1.82) is 0 Å². The van der Waals surface area contributed by atoms with Crippen LogP contribution in [-0.2, 0) is 6.54 Å². The number of benzene rings is 1. The topological polar surface area (TPSA) is 75.0 Å². The summed E-state index contributed by atoms with van der Waals surface area (Å²) in [7, 11) is 0. The maximum Gasteiger partial charge on any atom is 0.250 e. The van der Waals surface area contributed by atoms with Gasteiger partial charge in [0.05, 0.1) is 5.56 Å². The Morgan fingerprint density at radius 2 is 2.04 bits per heavy atom. The van der Waals surface area contributed by atoms with Gasteiger partial charge in [-0.3, -0.25) is 9.69 Å². The van der Waals surface area contributed by atoms with Gasteiger partial charge in [0.2, 0.25) is 0 Å². The summed E-state index contributed by atoms with van der Waals surface area (Å²) in [6.45, 7) is 3.35. The van der Waals surface area contributed by atoms with E-state index in [-0.39, 0.29) is 0 Å². The molecule has 1 aliphatic rings. The van der Waals surface area contributed by atoms with Crippen molar-refractivity contribution in [3.8, 4) is 11.1 Å². The second-order valence-electron chi connectivity index (χ2n) is 6.37. The van der Waals surface area contributed by atoms with E-state index in [0.717, 1.165) is 23.1 Å². The third-order valence-electron chi connectivity index (χ3n) is 4.66. The molecule has 1 fully saturated rings. The molecule has 122 valence electrons. The lowest BCUT2D eigenvalue weighted by Gasteiger charge is -2.15. The molecule has 0 unspecified atom stereocenters. The number of nitrogens with two attached hydrogens (primary N) is 1. The molecule has 3 N–H and O–H groups in total. The van der Waals surface area contributed by atoms with Crippen molar-refractivity contribution in [1.82, 2.24) is 14.9 Å². The predicted molar refractivity (Wildman–Crippen MR) is 94.6 cm³/mol. The molecule has 5 nitrogen and oxygen atoms in total. The fourth-order valence-electron chi connectivity index (χ4n) is 3.41. The third-order valence-corrected chi connectivity index (χ3v) is 4.66. The van der Waals surface area contributed by atoms with Gasteiger partial charge in [-0.15, -0.1) is 0 Å². The number of aromatic nitrogens is 2. The van der Waals surface area contributed by atoms with Crippen LogP contribution in [0.25, 0.3) is 22.2 Å². The average molecular weight is 320 g/mol. The second-order valence-corrected chi connectivity index (χ2v) is 6.37. The van der Waals surface area contributed by atoms with Crippen molar-refractivity contribution in [2.75, 3.05) is 13.1 Å². The van der Waals surface area contributed by atoms with Gasteiger partial charge in [-0.1, -0.05) is 18.2 Å². The summed E-state index contributed by atoms with van der Waals surface area (Å²) in [5.41, 5.74) is 10.0. The van der Waals surface area contributed by atoms with Crippen LogP contribution < -0.4 is 5.73 Å². The first-order valence-electron chi connectivity index (χ1n) is 8.29. The molecule has 0 bridgehead atoms. The number of amides is 1. The van der Waals surface area contributed by atoms with Crippen LogP contribution in [0.3, 0.4) is 0 Å². The molecule has 3 aromatic rings. The molecule has 0 aliphatic carbocycles. The zero-order valence-electron chi connectivity index (χ0n) is 13.5. The van der Waals surface area contributed by atoms with Crippen molar-refractivity contribution < 1.29 is 4.79 Å². The lowest BCUT2D eigenvalue weighted by atomic mass is 10.0. The monoisotopic (exact) mass is 320 g/mol.